The molecule has 6 nitrogen and oxygen atoms in total. The first-order valence-electron chi connectivity index (χ1n) is 7.78. The van der Waals surface area contributed by atoms with Crippen LogP contribution in [-0.4, -0.2) is 39.8 Å². The van der Waals surface area contributed by atoms with Crippen LogP contribution in [0.15, 0.2) is 42.5 Å². The normalized spacial score (nSPS) is 11.4. The monoisotopic (exact) mass is 361 g/mol. The second-order valence-electron chi connectivity index (χ2n) is 6.08. The summed E-state index contributed by atoms with van der Waals surface area (Å²) >= 11 is 0. The highest BCUT2D eigenvalue weighted by Crippen LogP contribution is 2.20. The molecular formula is C18H23N3O3S. The van der Waals surface area contributed by atoms with E-state index < -0.39 is 10.2 Å². The quantitative estimate of drug-likeness (QED) is 0.890. The van der Waals surface area contributed by atoms with E-state index in [1.807, 2.05) is 32.0 Å². The number of carbonyl (C=O) groups excluding carboxylic acids is 1. The first-order valence-corrected chi connectivity index (χ1v) is 9.17. The number of hydrogen-bond acceptors (Lipinski definition) is 3. The Bertz CT molecular complexity index is 875. The number of amides is 1. The number of nitrogens with one attached hydrogen (secondary N) is 1. The molecule has 0 saturated carbocycles. The predicted molar refractivity (Wildman–Crippen MR) is 101 cm³/mol. The molecule has 0 atom stereocenters. The summed E-state index contributed by atoms with van der Waals surface area (Å²) in [5.74, 6) is -0.238. The van der Waals surface area contributed by atoms with Crippen LogP contribution < -0.4 is 9.62 Å². The van der Waals surface area contributed by atoms with Gasteiger partial charge < -0.3 is 5.32 Å². The van der Waals surface area contributed by atoms with Gasteiger partial charge in [0.2, 0.25) is 0 Å². The van der Waals surface area contributed by atoms with Gasteiger partial charge in [-0.1, -0.05) is 12.1 Å². The number of anilines is 2. The molecule has 0 aromatic heterocycles. The number of nitrogens with zero attached hydrogens (tertiary/aromatic N) is 2. The highest BCUT2D eigenvalue weighted by molar-refractivity contribution is 7.90. The molecule has 25 heavy (non-hydrogen) atoms. The van der Waals surface area contributed by atoms with Crippen LogP contribution in [0.5, 0.6) is 0 Å². The third-order valence-corrected chi connectivity index (χ3v) is 5.77. The highest BCUT2D eigenvalue weighted by atomic mass is 32.2. The molecule has 1 N–H and O–H groups in total. The molecule has 0 unspecified atom stereocenters. The van der Waals surface area contributed by atoms with E-state index in [1.54, 1.807) is 24.3 Å². The van der Waals surface area contributed by atoms with Crippen LogP contribution in [0.25, 0.3) is 0 Å². The number of aryl methyl sites for hydroxylation is 2. The van der Waals surface area contributed by atoms with Crippen molar-refractivity contribution in [3.8, 4) is 0 Å². The van der Waals surface area contributed by atoms with Crippen LogP contribution in [0.4, 0.5) is 11.4 Å². The Kier molecular flexibility index (Phi) is 5.49. The van der Waals surface area contributed by atoms with E-state index in [0.717, 1.165) is 21.1 Å². The Balaban J connectivity index is 2.19. The fourth-order valence-electron chi connectivity index (χ4n) is 2.27. The molecule has 2 aromatic carbocycles. The standard InChI is InChI=1S/C18H23N3O3S/c1-13-6-7-14(2)17(12-13)19-18(22)15-8-10-16(11-9-15)21(5)25(23,24)20(3)4/h6-12H,1-5H3,(H,19,22). The molecule has 0 fully saturated rings. The number of hydrogen-bond donors (Lipinski definition) is 1. The van der Waals surface area contributed by atoms with Crippen molar-refractivity contribution in [3.05, 3.63) is 59.2 Å². The maximum atomic E-state index is 12.4. The van der Waals surface area contributed by atoms with Crippen LogP contribution in [0.1, 0.15) is 21.5 Å². The van der Waals surface area contributed by atoms with Gasteiger partial charge in [0, 0.05) is 32.4 Å². The summed E-state index contributed by atoms with van der Waals surface area (Å²) < 4.78 is 26.6. The first-order chi connectivity index (χ1) is 11.6. The van der Waals surface area contributed by atoms with E-state index in [2.05, 4.69) is 5.32 Å². The molecular weight excluding hydrogens is 338 g/mol. The molecule has 134 valence electrons. The number of benzene rings is 2. The second kappa shape index (κ2) is 7.25. The summed E-state index contributed by atoms with van der Waals surface area (Å²) in [7, 11) is 0.857. The van der Waals surface area contributed by atoms with Gasteiger partial charge in [-0.3, -0.25) is 9.10 Å². The summed E-state index contributed by atoms with van der Waals surface area (Å²) in [5.41, 5.74) is 3.75. The molecule has 2 rings (SSSR count). The molecule has 7 heteroatoms. The predicted octanol–water partition coefficient (Wildman–Crippen LogP) is 2.80. The average molecular weight is 361 g/mol. The van der Waals surface area contributed by atoms with Crippen LogP contribution in [0.3, 0.4) is 0 Å². The fraction of sp³-hybridized carbons (Fsp3) is 0.278. The average Bonchev–Trinajstić information content (AvgIpc) is 2.57. The number of carbonyl (C=O) groups is 1. The fourth-order valence-corrected chi connectivity index (χ4v) is 3.14. The van der Waals surface area contributed by atoms with E-state index in [0.29, 0.717) is 11.3 Å². The van der Waals surface area contributed by atoms with Crippen molar-refractivity contribution in [3.63, 3.8) is 0 Å². The summed E-state index contributed by atoms with van der Waals surface area (Å²) in [5, 5.41) is 2.89. The zero-order chi connectivity index (χ0) is 18.8. The topological polar surface area (TPSA) is 69.7 Å². The molecule has 0 saturated heterocycles. The van der Waals surface area contributed by atoms with Gasteiger partial charge in [-0.15, -0.1) is 0 Å². The minimum atomic E-state index is -3.56. The van der Waals surface area contributed by atoms with Crippen molar-refractivity contribution in [2.45, 2.75) is 13.8 Å². The lowest BCUT2D eigenvalue weighted by Crippen LogP contribution is -2.37. The van der Waals surface area contributed by atoms with Crippen molar-refractivity contribution >= 4 is 27.5 Å². The molecule has 0 radical (unpaired) electrons. The minimum Gasteiger partial charge on any atom is -0.322 e. The Hall–Kier alpha value is -2.38. The van der Waals surface area contributed by atoms with Gasteiger partial charge in [-0.2, -0.15) is 12.7 Å². The Morgan fingerprint density at radius 1 is 0.960 bits per heavy atom. The second-order valence-corrected chi connectivity index (χ2v) is 8.25. The Labute approximate surface area is 149 Å². The van der Waals surface area contributed by atoms with E-state index in [4.69, 9.17) is 0 Å². The maximum absolute atomic E-state index is 12.4. The summed E-state index contributed by atoms with van der Waals surface area (Å²) in [4.78, 5) is 12.4. The van der Waals surface area contributed by atoms with Gasteiger partial charge in [0.15, 0.2) is 0 Å². The zero-order valence-electron chi connectivity index (χ0n) is 15.1. The third-order valence-electron chi connectivity index (χ3n) is 3.94. The Morgan fingerprint density at radius 3 is 2.12 bits per heavy atom. The van der Waals surface area contributed by atoms with Gasteiger partial charge in [0.25, 0.3) is 5.91 Å². The summed E-state index contributed by atoms with van der Waals surface area (Å²) in [6, 6.07) is 12.3. The van der Waals surface area contributed by atoms with Crippen molar-refractivity contribution < 1.29 is 13.2 Å². The molecule has 0 aliphatic rings. The molecule has 0 bridgehead atoms. The smallest absolute Gasteiger partial charge is 0.303 e. The van der Waals surface area contributed by atoms with Crippen LogP contribution in [-0.2, 0) is 10.2 Å². The number of rotatable bonds is 5. The van der Waals surface area contributed by atoms with Crippen LogP contribution >= 0.6 is 0 Å². The summed E-state index contributed by atoms with van der Waals surface area (Å²) in [6.45, 7) is 3.89. The SMILES string of the molecule is Cc1ccc(C)c(NC(=O)c2ccc(N(C)S(=O)(=O)N(C)C)cc2)c1. The van der Waals surface area contributed by atoms with Crippen LogP contribution in [0, 0.1) is 13.8 Å². The maximum Gasteiger partial charge on any atom is 0.303 e. The van der Waals surface area contributed by atoms with Gasteiger partial charge in [-0.05, 0) is 55.3 Å². The van der Waals surface area contributed by atoms with E-state index in [9.17, 15) is 13.2 Å². The minimum absolute atomic E-state index is 0.238. The lowest BCUT2D eigenvalue weighted by atomic mass is 10.1. The molecule has 0 spiro atoms. The lowest BCUT2D eigenvalue weighted by molar-refractivity contribution is 0.102. The van der Waals surface area contributed by atoms with Crippen LogP contribution in [0.2, 0.25) is 0 Å². The lowest BCUT2D eigenvalue weighted by Gasteiger charge is -2.23. The molecule has 0 aliphatic carbocycles. The van der Waals surface area contributed by atoms with Gasteiger partial charge in [0.1, 0.15) is 0 Å². The van der Waals surface area contributed by atoms with E-state index in [1.165, 1.54) is 25.4 Å². The van der Waals surface area contributed by atoms with Crippen molar-refractivity contribution in [1.29, 1.82) is 0 Å². The van der Waals surface area contributed by atoms with Gasteiger partial charge >= 0.3 is 10.2 Å². The van der Waals surface area contributed by atoms with E-state index >= 15 is 0 Å². The van der Waals surface area contributed by atoms with E-state index in [-0.39, 0.29) is 5.91 Å². The third kappa shape index (κ3) is 4.18. The molecule has 0 aliphatic heterocycles. The largest absolute Gasteiger partial charge is 0.322 e. The molecule has 0 heterocycles. The highest BCUT2D eigenvalue weighted by Gasteiger charge is 2.21. The van der Waals surface area contributed by atoms with Gasteiger partial charge in [0.05, 0.1) is 5.69 Å². The van der Waals surface area contributed by atoms with Crippen molar-refractivity contribution in [2.75, 3.05) is 30.8 Å². The first kappa shape index (κ1) is 19.0. The molecule has 2 aromatic rings. The van der Waals surface area contributed by atoms with Crippen molar-refractivity contribution in [1.82, 2.24) is 4.31 Å². The van der Waals surface area contributed by atoms with Gasteiger partial charge in [-0.25, -0.2) is 0 Å². The van der Waals surface area contributed by atoms with Crippen molar-refractivity contribution in [2.24, 2.45) is 0 Å². The Morgan fingerprint density at radius 2 is 1.56 bits per heavy atom. The zero-order valence-corrected chi connectivity index (χ0v) is 15.9. The summed E-state index contributed by atoms with van der Waals surface area (Å²) in [6.07, 6.45) is 0. The molecule has 1 amide bonds.